The minimum atomic E-state index is -0.853. The number of carboxylic acids is 1. The predicted octanol–water partition coefficient (Wildman–Crippen LogP) is 1.07. The summed E-state index contributed by atoms with van der Waals surface area (Å²) < 4.78 is 0. The zero-order valence-corrected chi connectivity index (χ0v) is 10.4. The van der Waals surface area contributed by atoms with E-state index in [2.05, 4.69) is 0 Å². The Morgan fingerprint density at radius 2 is 2.29 bits per heavy atom. The Balaban J connectivity index is 2.43. The largest absolute Gasteiger partial charge is 0.481 e. The van der Waals surface area contributed by atoms with Crippen LogP contribution in [0.1, 0.15) is 23.8 Å². The normalized spacial score (nSPS) is 12.1. The maximum atomic E-state index is 11.9. The van der Waals surface area contributed by atoms with Gasteiger partial charge in [-0.3, -0.25) is 9.59 Å². The molecule has 1 aromatic rings. The quantitative estimate of drug-likeness (QED) is 0.797. The van der Waals surface area contributed by atoms with Crippen LogP contribution in [0.15, 0.2) is 17.5 Å². The van der Waals surface area contributed by atoms with Gasteiger partial charge in [0.15, 0.2) is 0 Å². The van der Waals surface area contributed by atoms with Gasteiger partial charge in [-0.15, -0.1) is 11.3 Å². The molecule has 0 fully saturated rings. The third kappa shape index (κ3) is 4.16. The van der Waals surface area contributed by atoms with Crippen LogP contribution in [-0.4, -0.2) is 35.5 Å². The van der Waals surface area contributed by atoms with E-state index in [-0.39, 0.29) is 12.3 Å². The monoisotopic (exact) mass is 256 g/mol. The molecule has 0 aliphatic heterocycles. The van der Waals surface area contributed by atoms with Gasteiger partial charge in [-0.05, 0) is 17.9 Å². The molecular weight excluding hydrogens is 240 g/mol. The second-order valence-electron chi connectivity index (χ2n) is 3.75. The Kier molecular flexibility index (Phi) is 5.11. The summed E-state index contributed by atoms with van der Waals surface area (Å²) in [5.74, 6) is -1.04. The lowest BCUT2D eigenvalue weighted by molar-refractivity contribution is -0.138. The van der Waals surface area contributed by atoms with Crippen molar-refractivity contribution in [2.45, 2.75) is 18.9 Å². The second kappa shape index (κ2) is 6.36. The Morgan fingerprint density at radius 3 is 2.82 bits per heavy atom. The molecule has 1 amide bonds. The summed E-state index contributed by atoms with van der Waals surface area (Å²) in [5, 5.41) is 10.4. The van der Waals surface area contributed by atoms with E-state index < -0.39 is 12.0 Å². The van der Waals surface area contributed by atoms with Crippen LogP contribution < -0.4 is 5.73 Å². The van der Waals surface area contributed by atoms with Crippen LogP contribution in [0, 0.1) is 0 Å². The lowest BCUT2D eigenvalue weighted by atomic mass is 10.2. The lowest BCUT2D eigenvalue weighted by Gasteiger charge is -2.20. The van der Waals surface area contributed by atoms with E-state index in [0.717, 1.165) is 4.88 Å². The van der Waals surface area contributed by atoms with Crippen molar-refractivity contribution in [2.75, 3.05) is 13.6 Å². The van der Waals surface area contributed by atoms with Gasteiger partial charge in [-0.1, -0.05) is 6.07 Å². The molecule has 5 nitrogen and oxygen atoms in total. The smallest absolute Gasteiger partial charge is 0.303 e. The summed E-state index contributed by atoms with van der Waals surface area (Å²) in [6, 6.07) is 3.01. The first-order valence-electron chi connectivity index (χ1n) is 5.28. The molecule has 3 N–H and O–H groups in total. The molecule has 1 unspecified atom stereocenters. The van der Waals surface area contributed by atoms with Gasteiger partial charge >= 0.3 is 5.97 Å². The molecule has 1 atom stereocenters. The number of likely N-dealkylation sites (N-methyl/N-ethyl adjacent to an activating group) is 1. The van der Waals surface area contributed by atoms with Crippen molar-refractivity contribution in [2.24, 2.45) is 5.73 Å². The average molecular weight is 256 g/mol. The highest BCUT2D eigenvalue weighted by atomic mass is 32.1. The fraction of sp³-hybridized carbons (Fsp3) is 0.455. The number of aliphatic carboxylic acids is 1. The number of hydrogen-bond donors (Lipinski definition) is 2. The van der Waals surface area contributed by atoms with Gasteiger partial charge in [0.25, 0.3) is 0 Å². The standard InChI is InChI=1S/C11H16N2O3S/c1-13(6-2-5-9(14)15)11(16)10(12)8-4-3-7-17-8/h3-4,7,10H,2,5-6,12H2,1H3,(H,14,15). The third-order valence-corrected chi connectivity index (χ3v) is 3.33. The van der Waals surface area contributed by atoms with Crippen LogP contribution in [0.2, 0.25) is 0 Å². The van der Waals surface area contributed by atoms with Gasteiger partial charge in [-0.2, -0.15) is 0 Å². The van der Waals surface area contributed by atoms with Gasteiger partial charge in [0.1, 0.15) is 6.04 Å². The molecule has 6 heteroatoms. The predicted molar refractivity (Wildman–Crippen MR) is 65.8 cm³/mol. The van der Waals surface area contributed by atoms with Crippen LogP contribution in [-0.2, 0) is 9.59 Å². The Morgan fingerprint density at radius 1 is 1.59 bits per heavy atom. The molecular formula is C11H16N2O3S. The van der Waals surface area contributed by atoms with E-state index >= 15 is 0 Å². The first kappa shape index (κ1) is 13.7. The average Bonchev–Trinajstić information content (AvgIpc) is 2.79. The van der Waals surface area contributed by atoms with Crippen molar-refractivity contribution in [1.82, 2.24) is 4.90 Å². The Labute approximate surface area is 104 Å². The molecule has 0 aliphatic rings. The first-order chi connectivity index (χ1) is 8.02. The van der Waals surface area contributed by atoms with Crippen molar-refractivity contribution in [3.05, 3.63) is 22.4 Å². The molecule has 94 valence electrons. The maximum absolute atomic E-state index is 11.9. The Hall–Kier alpha value is -1.40. The van der Waals surface area contributed by atoms with E-state index in [1.165, 1.54) is 16.2 Å². The van der Waals surface area contributed by atoms with Crippen LogP contribution >= 0.6 is 11.3 Å². The molecule has 0 saturated carbocycles. The van der Waals surface area contributed by atoms with E-state index in [9.17, 15) is 9.59 Å². The highest BCUT2D eigenvalue weighted by molar-refractivity contribution is 7.10. The third-order valence-electron chi connectivity index (χ3n) is 2.38. The van der Waals surface area contributed by atoms with E-state index in [4.69, 9.17) is 10.8 Å². The molecule has 1 heterocycles. The van der Waals surface area contributed by atoms with Crippen LogP contribution in [0.3, 0.4) is 0 Å². The SMILES string of the molecule is CN(CCCC(=O)O)C(=O)C(N)c1cccs1. The fourth-order valence-electron chi connectivity index (χ4n) is 1.41. The summed E-state index contributed by atoms with van der Waals surface area (Å²) >= 11 is 1.44. The number of carboxylic acid groups (broad SMARTS) is 1. The van der Waals surface area contributed by atoms with E-state index in [0.29, 0.717) is 13.0 Å². The van der Waals surface area contributed by atoms with Crippen LogP contribution in [0.25, 0.3) is 0 Å². The summed E-state index contributed by atoms with van der Waals surface area (Å²) in [6.07, 6.45) is 0.501. The summed E-state index contributed by atoms with van der Waals surface area (Å²) in [7, 11) is 1.64. The van der Waals surface area contributed by atoms with Crippen LogP contribution in [0.4, 0.5) is 0 Å². The summed E-state index contributed by atoms with van der Waals surface area (Å²) in [6.45, 7) is 0.407. The zero-order chi connectivity index (χ0) is 12.8. The Bertz CT molecular complexity index is 378. The molecule has 0 radical (unpaired) electrons. The number of hydrogen-bond acceptors (Lipinski definition) is 4. The zero-order valence-electron chi connectivity index (χ0n) is 9.63. The minimum Gasteiger partial charge on any atom is -0.481 e. The van der Waals surface area contributed by atoms with Crippen molar-refractivity contribution in [3.63, 3.8) is 0 Å². The summed E-state index contributed by atoms with van der Waals surface area (Å²) in [5.41, 5.74) is 5.82. The lowest BCUT2D eigenvalue weighted by Crippen LogP contribution is -2.36. The van der Waals surface area contributed by atoms with Crippen molar-refractivity contribution in [3.8, 4) is 0 Å². The fourth-order valence-corrected chi connectivity index (χ4v) is 2.12. The van der Waals surface area contributed by atoms with Crippen molar-refractivity contribution in [1.29, 1.82) is 0 Å². The molecule has 1 aromatic heterocycles. The van der Waals surface area contributed by atoms with E-state index in [1.807, 2.05) is 17.5 Å². The van der Waals surface area contributed by atoms with E-state index in [1.54, 1.807) is 7.05 Å². The highest BCUT2D eigenvalue weighted by Crippen LogP contribution is 2.18. The summed E-state index contributed by atoms with van der Waals surface area (Å²) in [4.78, 5) is 24.5. The number of nitrogens with zero attached hydrogens (tertiary/aromatic N) is 1. The van der Waals surface area contributed by atoms with Gasteiger partial charge in [0.05, 0.1) is 0 Å². The molecule has 1 rings (SSSR count). The number of carbonyl (C=O) groups is 2. The van der Waals surface area contributed by atoms with Gasteiger partial charge in [0, 0.05) is 24.9 Å². The number of thiophene rings is 1. The number of rotatable bonds is 6. The number of amides is 1. The molecule has 17 heavy (non-hydrogen) atoms. The number of carbonyl (C=O) groups excluding carboxylic acids is 1. The van der Waals surface area contributed by atoms with Crippen LogP contribution in [0.5, 0.6) is 0 Å². The minimum absolute atomic E-state index is 0.0614. The maximum Gasteiger partial charge on any atom is 0.303 e. The van der Waals surface area contributed by atoms with Gasteiger partial charge < -0.3 is 15.7 Å². The topological polar surface area (TPSA) is 83.6 Å². The van der Waals surface area contributed by atoms with Crippen molar-refractivity contribution < 1.29 is 14.7 Å². The molecule has 0 aliphatic carbocycles. The first-order valence-corrected chi connectivity index (χ1v) is 6.16. The number of nitrogens with two attached hydrogens (primary N) is 1. The van der Waals surface area contributed by atoms with Gasteiger partial charge in [-0.25, -0.2) is 0 Å². The molecule has 0 spiro atoms. The van der Waals surface area contributed by atoms with Gasteiger partial charge in [0.2, 0.25) is 5.91 Å². The molecule has 0 aromatic carbocycles. The highest BCUT2D eigenvalue weighted by Gasteiger charge is 2.20. The molecule has 0 bridgehead atoms. The second-order valence-corrected chi connectivity index (χ2v) is 4.73. The van der Waals surface area contributed by atoms with Crippen molar-refractivity contribution >= 4 is 23.2 Å². The molecule has 0 saturated heterocycles.